The maximum Gasteiger partial charge on any atom is 0.330 e. The predicted molar refractivity (Wildman–Crippen MR) is 159 cm³/mol. The van der Waals surface area contributed by atoms with Crippen LogP contribution in [0.3, 0.4) is 0 Å². The second-order valence-electron chi connectivity index (χ2n) is 14.4. The maximum absolute atomic E-state index is 13.0. The minimum Gasteiger partial charge on any atom is -0.458 e. The van der Waals surface area contributed by atoms with E-state index in [0.29, 0.717) is 0 Å². The summed E-state index contributed by atoms with van der Waals surface area (Å²) in [4.78, 5) is 52.1. The summed E-state index contributed by atoms with van der Waals surface area (Å²) < 4.78 is 33.7. The van der Waals surface area contributed by atoms with Crippen LogP contribution in [0.15, 0.2) is 21.9 Å². The van der Waals surface area contributed by atoms with Gasteiger partial charge in [0.1, 0.15) is 12.3 Å². The van der Waals surface area contributed by atoms with Gasteiger partial charge in [0.05, 0.1) is 12.7 Å². The zero-order valence-electron chi connectivity index (χ0n) is 26.6. The molecule has 1 aromatic heterocycles. The Morgan fingerprint density at radius 3 is 2.02 bits per heavy atom. The summed E-state index contributed by atoms with van der Waals surface area (Å²) in [5.41, 5.74) is -2.59. The average Bonchev–Trinajstić information content (AvgIpc) is 2.99. The van der Waals surface area contributed by atoms with Crippen LogP contribution in [0.2, 0.25) is 36.3 Å². The highest BCUT2D eigenvalue weighted by molar-refractivity contribution is 6.74. The Morgan fingerprint density at radius 1 is 0.976 bits per heavy atom. The lowest BCUT2D eigenvalue weighted by atomic mass is 9.74. The lowest BCUT2D eigenvalue weighted by Crippen LogP contribution is -2.67. The van der Waals surface area contributed by atoms with E-state index in [4.69, 9.17) is 23.1 Å². The molecule has 0 amide bonds. The van der Waals surface area contributed by atoms with Crippen molar-refractivity contribution in [2.24, 2.45) is 5.92 Å². The van der Waals surface area contributed by atoms with Crippen LogP contribution in [0.1, 0.15) is 68.0 Å². The molecular formula is C28H48N2O9Si2. The molecule has 3 rings (SSSR count). The predicted octanol–water partition coefficient (Wildman–Crippen LogP) is 4.10. The zero-order valence-corrected chi connectivity index (χ0v) is 28.6. The topological polar surface area (TPSA) is 135 Å². The molecular weight excluding hydrogens is 564 g/mol. The molecule has 1 saturated heterocycles. The van der Waals surface area contributed by atoms with Crippen molar-refractivity contribution in [3.63, 3.8) is 0 Å². The number of aromatic nitrogens is 2. The highest BCUT2D eigenvalue weighted by Crippen LogP contribution is 2.56. The van der Waals surface area contributed by atoms with E-state index < -0.39 is 75.9 Å². The van der Waals surface area contributed by atoms with Crippen molar-refractivity contribution >= 4 is 28.6 Å². The monoisotopic (exact) mass is 612 g/mol. The normalized spacial score (nSPS) is 28.8. The van der Waals surface area contributed by atoms with Gasteiger partial charge in [-0.2, -0.15) is 0 Å². The van der Waals surface area contributed by atoms with Gasteiger partial charge in [-0.3, -0.25) is 23.9 Å². The summed E-state index contributed by atoms with van der Waals surface area (Å²) in [7, 11) is -4.88. The third-order valence-corrected chi connectivity index (χ3v) is 18.3. The number of hydrogen-bond donors (Lipinski definition) is 1. The van der Waals surface area contributed by atoms with Gasteiger partial charge in [0.15, 0.2) is 28.3 Å². The standard InChI is InChI=1S/C28H48N2O9Si2/c1-17(31)36-20-15-19-22(39-41(11,12)27(6,7)8)28(23(20)37-18(2)32,16-35-40(9,10)26(3,4)5)38-24(19)30-14-13-21(33)29-25(30)34/h13-14,19-20,22-24H,15-16H2,1-12H3,(H,29,33,34)/t19-,20+,22+,23+,24-,28-/m1/s1. The minimum atomic E-state index is -2.49. The molecule has 2 heterocycles. The summed E-state index contributed by atoms with van der Waals surface area (Å²) in [5, 5.41) is -0.324. The fourth-order valence-electron chi connectivity index (χ4n) is 5.02. The van der Waals surface area contributed by atoms with E-state index in [2.05, 4.69) is 72.7 Å². The number of esters is 2. The van der Waals surface area contributed by atoms with Crippen LogP contribution in [0.25, 0.3) is 0 Å². The molecule has 13 heteroatoms. The van der Waals surface area contributed by atoms with Gasteiger partial charge in [0.25, 0.3) is 5.56 Å². The first-order valence-electron chi connectivity index (χ1n) is 14.2. The molecule has 2 aliphatic rings. The molecule has 0 aromatic carbocycles. The van der Waals surface area contributed by atoms with Crippen molar-refractivity contribution in [2.75, 3.05) is 6.61 Å². The third kappa shape index (κ3) is 6.63. The summed E-state index contributed by atoms with van der Waals surface area (Å²) in [6, 6.07) is 1.25. The average molecular weight is 613 g/mol. The zero-order chi connectivity index (χ0) is 31.3. The summed E-state index contributed by atoms with van der Waals surface area (Å²) >= 11 is 0. The fourth-order valence-corrected chi connectivity index (χ4v) is 7.41. The van der Waals surface area contributed by atoms with Gasteiger partial charge in [0.2, 0.25) is 0 Å². The SMILES string of the molecule is CC(=O)O[C@H]1C[C@H]2[C@H](n3ccc(=O)[nH]c3=O)O[C@](CO[Si](C)(C)C(C)(C)C)([C@H]2O[Si](C)(C)C(C)(C)C)[C@H]1OC(C)=O. The van der Waals surface area contributed by atoms with Crippen molar-refractivity contribution < 1.29 is 32.7 Å². The van der Waals surface area contributed by atoms with Gasteiger partial charge in [-0.25, -0.2) is 4.79 Å². The number of fused-ring (bicyclic) bond motifs is 2. The highest BCUT2D eigenvalue weighted by atomic mass is 28.4. The number of hydrogen-bond acceptors (Lipinski definition) is 9. The van der Waals surface area contributed by atoms with E-state index in [0.717, 1.165) is 0 Å². The van der Waals surface area contributed by atoms with E-state index >= 15 is 0 Å². The van der Waals surface area contributed by atoms with Crippen molar-refractivity contribution in [1.82, 2.24) is 9.55 Å². The molecule has 0 unspecified atom stereocenters. The maximum atomic E-state index is 13.0. The van der Waals surface area contributed by atoms with Gasteiger partial charge in [-0.15, -0.1) is 0 Å². The molecule has 1 N–H and O–H groups in total. The third-order valence-electron chi connectivity index (χ3n) is 9.33. The van der Waals surface area contributed by atoms with E-state index in [1.807, 2.05) is 0 Å². The summed E-state index contributed by atoms with van der Waals surface area (Å²) in [6.45, 7) is 23.8. The Hall–Kier alpha value is -2.07. The van der Waals surface area contributed by atoms with Crippen LogP contribution >= 0.6 is 0 Å². The van der Waals surface area contributed by atoms with Crippen LogP contribution in [0.4, 0.5) is 0 Å². The molecule has 2 bridgehead atoms. The molecule has 232 valence electrons. The Labute approximate surface area is 244 Å². The number of carbonyl (C=O) groups excluding carboxylic acids is 2. The van der Waals surface area contributed by atoms with Gasteiger partial charge < -0.3 is 23.1 Å². The van der Waals surface area contributed by atoms with E-state index in [-0.39, 0.29) is 23.1 Å². The molecule has 1 aromatic rings. The summed E-state index contributed by atoms with van der Waals surface area (Å²) in [5.74, 6) is -1.60. The molecule has 0 spiro atoms. The lowest BCUT2D eigenvalue weighted by Gasteiger charge is -2.51. The summed E-state index contributed by atoms with van der Waals surface area (Å²) in [6.07, 6.45) is -1.92. The second-order valence-corrected chi connectivity index (χ2v) is 24.0. The fraction of sp³-hybridized carbons (Fsp3) is 0.786. The Morgan fingerprint density at radius 2 is 1.54 bits per heavy atom. The van der Waals surface area contributed by atoms with Crippen molar-refractivity contribution in [2.45, 2.75) is 128 Å². The minimum absolute atomic E-state index is 0.0103. The lowest BCUT2D eigenvalue weighted by molar-refractivity contribution is -0.226. The van der Waals surface area contributed by atoms with Crippen molar-refractivity contribution in [3.05, 3.63) is 33.1 Å². The molecule has 1 aliphatic heterocycles. The molecule has 1 saturated carbocycles. The van der Waals surface area contributed by atoms with Crippen LogP contribution in [-0.4, -0.2) is 68.6 Å². The molecule has 0 radical (unpaired) electrons. The first-order valence-corrected chi connectivity index (χ1v) is 20.0. The largest absolute Gasteiger partial charge is 0.458 e. The number of ether oxygens (including phenoxy) is 3. The second kappa shape index (κ2) is 11.2. The number of nitrogens with one attached hydrogen (secondary N) is 1. The van der Waals surface area contributed by atoms with Crippen molar-refractivity contribution in [3.8, 4) is 0 Å². The van der Waals surface area contributed by atoms with E-state index in [9.17, 15) is 19.2 Å². The number of carbonyl (C=O) groups is 2. The molecule has 11 nitrogen and oxygen atoms in total. The first kappa shape index (κ1) is 33.4. The number of H-pyrrole nitrogens is 1. The van der Waals surface area contributed by atoms with Gasteiger partial charge in [0, 0.05) is 32.0 Å². The van der Waals surface area contributed by atoms with Gasteiger partial charge in [-0.05, 0) is 42.7 Å². The van der Waals surface area contributed by atoms with Gasteiger partial charge >= 0.3 is 17.6 Å². The molecule has 41 heavy (non-hydrogen) atoms. The van der Waals surface area contributed by atoms with Crippen LogP contribution in [-0.2, 0) is 32.7 Å². The molecule has 2 fully saturated rings. The molecule has 6 atom stereocenters. The molecule has 1 aliphatic carbocycles. The van der Waals surface area contributed by atoms with Gasteiger partial charge in [-0.1, -0.05) is 41.5 Å². The Balaban J connectivity index is 2.29. The highest BCUT2D eigenvalue weighted by Gasteiger charge is 2.69. The van der Waals surface area contributed by atoms with E-state index in [1.54, 1.807) is 0 Å². The quantitative estimate of drug-likeness (QED) is 0.340. The smallest absolute Gasteiger partial charge is 0.330 e. The number of nitrogens with zero attached hydrogens (tertiary/aromatic N) is 1. The van der Waals surface area contributed by atoms with Crippen LogP contribution in [0, 0.1) is 5.92 Å². The van der Waals surface area contributed by atoms with Crippen LogP contribution in [0.5, 0.6) is 0 Å². The Bertz CT molecular complexity index is 1260. The number of rotatable bonds is 8. The Kier molecular flexibility index (Phi) is 9.14. The van der Waals surface area contributed by atoms with E-state index in [1.165, 1.54) is 30.7 Å². The number of aromatic amines is 1. The van der Waals surface area contributed by atoms with Crippen molar-refractivity contribution in [1.29, 1.82) is 0 Å². The van der Waals surface area contributed by atoms with Crippen LogP contribution < -0.4 is 11.2 Å². The first-order chi connectivity index (χ1) is 18.5.